The molecule has 0 aliphatic heterocycles. The van der Waals surface area contributed by atoms with Crippen molar-refractivity contribution in [3.63, 3.8) is 0 Å². The minimum atomic E-state index is -3.93. The summed E-state index contributed by atoms with van der Waals surface area (Å²) in [7, 11) is -3.93. The lowest BCUT2D eigenvalue weighted by atomic mass is 10.0. The predicted octanol–water partition coefficient (Wildman–Crippen LogP) is 4.04. The summed E-state index contributed by atoms with van der Waals surface area (Å²) in [6, 6.07) is 22.1. The molecule has 1 atom stereocenters. The third-order valence-corrected chi connectivity index (χ3v) is 6.28. The average molecular weight is 490 g/mol. The Morgan fingerprint density at radius 1 is 0.971 bits per heavy atom. The number of primary sulfonamides is 1. The van der Waals surface area contributed by atoms with Gasteiger partial charge in [0.05, 0.1) is 21.7 Å². The molecule has 0 aliphatic carbocycles. The van der Waals surface area contributed by atoms with E-state index < -0.39 is 28.0 Å². The van der Waals surface area contributed by atoms with E-state index in [-0.39, 0.29) is 16.1 Å². The standard InChI is InChI=1S/C26H23N3O5S/c1-16-10-12-18(13-11-16)24-15-22(21-8-3-4-9-23(21)29-24)26(31)34-17(2)25(30)28-19-6-5-7-20(14-19)35(27,32)33/h3-15,17H,1-2H3,(H,28,30)(H2,27,32,33). The average Bonchev–Trinajstić information content (AvgIpc) is 2.83. The van der Waals surface area contributed by atoms with Gasteiger partial charge in [0.1, 0.15) is 0 Å². The molecule has 4 rings (SSSR count). The fourth-order valence-electron chi connectivity index (χ4n) is 3.49. The Labute approximate surface area is 202 Å². The largest absolute Gasteiger partial charge is 0.449 e. The number of nitrogens with zero attached hydrogens (tertiary/aromatic N) is 1. The first-order valence-electron chi connectivity index (χ1n) is 10.7. The maximum absolute atomic E-state index is 13.1. The van der Waals surface area contributed by atoms with Gasteiger partial charge in [-0.3, -0.25) is 4.79 Å². The number of carbonyl (C=O) groups is 2. The number of ether oxygens (including phenoxy) is 1. The van der Waals surface area contributed by atoms with E-state index in [0.29, 0.717) is 16.6 Å². The molecule has 0 aliphatic rings. The van der Waals surface area contributed by atoms with Gasteiger partial charge in [0.25, 0.3) is 5.91 Å². The highest BCUT2D eigenvalue weighted by molar-refractivity contribution is 7.89. The molecule has 1 heterocycles. The number of aryl methyl sites for hydroxylation is 1. The summed E-state index contributed by atoms with van der Waals surface area (Å²) in [5, 5.41) is 8.28. The van der Waals surface area contributed by atoms with E-state index >= 15 is 0 Å². The van der Waals surface area contributed by atoms with Crippen molar-refractivity contribution >= 4 is 38.5 Å². The van der Waals surface area contributed by atoms with Gasteiger partial charge in [-0.1, -0.05) is 54.1 Å². The second-order valence-corrected chi connectivity index (χ2v) is 9.61. The van der Waals surface area contributed by atoms with Crippen LogP contribution in [0.2, 0.25) is 0 Å². The number of amides is 1. The van der Waals surface area contributed by atoms with Crippen LogP contribution in [0.4, 0.5) is 5.69 Å². The first-order chi connectivity index (χ1) is 16.6. The van der Waals surface area contributed by atoms with Crippen LogP contribution in [0, 0.1) is 6.92 Å². The number of sulfonamides is 1. The van der Waals surface area contributed by atoms with Gasteiger partial charge in [-0.15, -0.1) is 0 Å². The van der Waals surface area contributed by atoms with E-state index in [0.717, 1.165) is 11.1 Å². The van der Waals surface area contributed by atoms with Crippen molar-refractivity contribution in [1.29, 1.82) is 0 Å². The van der Waals surface area contributed by atoms with Gasteiger partial charge in [-0.2, -0.15) is 0 Å². The number of carbonyl (C=O) groups excluding carboxylic acids is 2. The summed E-state index contributed by atoms with van der Waals surface area (Å²) in [4.78, 5) is 30.3. The number of esters is 1. The van der Waals surface area contributed by atoms with Crippen LogP contribution >= 0.6 is 0 Å². The van der Waals surface area contributed by atoms with E-state index in [1.807, 2.05) is 37.3 Å². The lowest BCUT2D eigenvalue weighted by molar-refractivity contribution is -0.123. The van der Waals surface area contributed by atoms with Crippen LogP contribution in [0.25, 0.3) is 22.2 Å². The molecule has 178 valence electrons. The SMILES string of the molecule is Cc1ccc(-c2cc(C(=O)OC(C)C(=O)Nc3cccc(S(N)(=O)=O)c3)c3ccccc3n2)cc1. The third kappa shape index (κ3) is 5.53. The molecule has 1 aromatic heterocycles. The molecule has 1 unspecified atom stereocenters. The molecule has 8 nitrogen and oxygen atoms in total. The molecule has 3 aromatic carbocycles. The highest BCUT2D eigenvalue weighted by Crippen LogP contribution is 2.26. The monoisotopic (exact) mass is 489 g/mol. The van der Waals surface area contributed by atoms with Gasteiger partial charge in [-0.25, -0.2) is 23.3 Å². The maximum atomic E-state index is 13.1. The molecule has 35 heavy (non-hydrogen) atoms. The van der Waals surface area contributed by atoms with Crippen molar-refractivity contribution in [2.75, 3.05) is 5.32 Å². The number of anilines is 1. The Morgan fingerprint density at radius 3 is 2.40 bits per heavy atom. The Bertz CT molecular complexity index is 1530. The zero-order valence-corrected chi connectivity index (χ0v) is 19.9. The van der Waals surface area contributed by atoms with Crippen molar-refractivity contribution in [2.24, 2.45) is 5.14 Å². The number of hydrogen-bond acceptors (Lipinski definition) is 6. The highest BCUT2D eigenvalue weighted by Gasteiger charge is 2.22. The number of para-hydroxylation sites is 1. The minimum absolute atomic E-state index is 0.146. The van der Waals surface area contributed by atoms with Crippen molar-refractivity contribution in [2.45, 2.75) is 24.8 Å². The smallest absolute Gasteiger partial charge is 0.339 e. The van der Waals surface area contributed by atoms with E-state index in [2.05, 4.69) is 10.3 Å². The quantitative estimate of drug-likeness (QED) is 0.393. The van der Waals surface area contributed by atoms with Gasteiger partial charge >= 0.3 is 5.97 Å². The molecule has 3 N–H and O–H groups in total. The number of fused-ring (bicyclic) bond motifs is 1. The van der Waals surface area contributed by atoms with Crippen molar-refractivity contribution in [1.82, 2.24) is 4.98 Å². The first kappa shape index (κ1) is 24.1. The fourth-order valence-corrected chi connectivity index (χ4v) is 4.05. The molecule has 0 saturated heterocycles. The first-order valence-corrected chi connectivity index (χ1v) is 12.3. The van der Waals surface area contributed by atoms with Gasteiger partial charge in [0.15, 0.2) is 6.10 Å². The number of nitrogens with one attached hydrogen (secondary N) is 1. The van der Waals surface area contributed by atoms with Crippen LogP contribution in [-0.2, 0) is 19.6 Å². The van der Waals surface area contributed by atoms with E-state index in [1.165, 1.54) is 31.2 Å². The van der Waals surface area contributed by atoms with E-state index in [4.69, 9.17) is 9.88 Å². The predicted molar refractivity (Wildman–Crippen MR) is 133 cm³/mol. The summed E-state index contributed by atoms with van der Waals surface area (Å²) in [5.74, 6) is -1.31. The molecule has 9 heteroatoms. The number of rotatable bonds is 6. The number of benzene rings is 3. The Morgan fingerprint density at radius 2 is 1.69 bits per heavy atom. The number of pyridine rings is 1. The Kier molecular flexibility index (Phi) is 6.63. The summed E-state index contributed by atoms with van der Waals surface area (Å²) in [6.07, 6.45) is -1.16. The van der Waals surface area contributed by atoms with Crippen molar-refractivity contribution in [3.05, 3.63) is 90.0 Å². The summed E-state index contributed by atoms with van der Waals surface area (Å²) < 4.78 is 28.6. The zero-order chi connectivity index (χ0) is 25.2. The second-order valence-electron chi connectivity index (χ2n) is 8.05. The molecule has 0 saturated carbocycles. The number of aromatic nitrogens is 1. The van der Waals surface area contributed by atoms with Gasteiger partial charge in [-0.05, 0) is 44.2 Å². The molecule has 0 bridgehead atoms. The molecular weight excluding hydrogens is 466 g/mol. The third-order valence-electron chi connectivity index (χ3n) is 5.37. The molecule has 0 spiro atoms. The van der Waals surface area contributed by atoms with Crippen molar-refractivity contribution in [3.8, 4) is 11.3 Å². The molecule has 0 fully saturated rings. The highest BCUT2D eigenvalue weighted by atomic mass is 32.2. The van der Waals surface area contributed by atoms with Crippen molar-refractivity contribution < 1.29 is 22.7 Å². The molecule has 1 amide bonds. The lowest BCUT2D eigenvalue weighted by Gasteiger charge is -2.15. The van der Waals surface area contributed by atoms with Crippen LogP contribution in [-0.4, -0.2) is 31.4 Å². The Hall–Kier alpha value is -4.08. The van der Waals surface area contributed by atoms with Gasteiger partial charge in [0, 0.05) is 16.6 Å². The maximum Gasteiger partial charge on any atom is 0.339 e. The molecular formula is C26H23N3O5S. The lowest BCUT2D eigenvalue weighted by Crippen LogP contribution is -2.30. The van der Waals surface area contributed by atoms with Crippen LogP contribution in [0.3, 0.4) is 0 Å². The van der Waals surface area contributed by atoms with Crippen LogP contribution in [0.1, 0.15) is 22.8 Å². The van der Waals surface area contributed by atoms with Gasteiger partial charge < -0.3 is 10.1 Å². The number of nitrogens with two attached hydrogens (primary N) is 1. The van der Waals surface area contributed by atoms with Crippen LogP contribution < -0.4 is 10.5 Å². The number of hydrogen-bond donors (Lipinski definition) is 2. The fraction of sp³-hybridized carbons (Fsp3) is 0.115. The summed E-state index contributed by atoms with van der Waals surface area (Å²) in [5.41, 5.74) is 3.66. The zero-order valence-electron chi connectivity index (χ0n) is 19.1. The molecule has 4 aromatic rings. The van der Waals surface area contributed by atoms with E-state index in [1.54, 1.807) is 24.3 Å². The van der Waals surface area contributed by atoms with E-state index in [9.17, 15) is 18.0 Å². The second kappa shape index (κ2) is 9.65. The summed E-state index contributed by atoms with van der Waals surface area (Å²) >= 11 is 0. The normalized spacial score (nSPS) is 12.2. The molecule has 0 radical (unpaired) electrons. The van der Waals surface area contributed by atoms with Crippen LogP contribution in [0.15, 0.2) is 83.8 Å². The Balaban J connectivity index is 1.58. The minimum Gasteiger partial charge on any atom is -0.449 e. The topological polar surface area (TPSA) is 128 Å². The van der Waals surface area contributed by atoms with Crippen LogP contribution in [0.5, 0.6) is 0 Å². The van der Waals surface area contributed by atoms with Gasteiger partial charge in [0.2, 0.25) is 10.0 Å². The summed E-state index contributed by atoms with van der Waals surface area (Å²) in [6.45, 7) is 3.42.